The van der Waals surface area contributed by atoms with Gasteiger partial charge in [-0.15, -0.1) is 5.11 Å². The van der Waals surface area contributed by atoms with Gasteiger partial charge >= 0.3 is 5.97 Å². The van der Waals surface area contributed by atoms with Crippen molar-refractivity contribution in [3.63, 3.8) is 0 Å². The Kier molecular flexibility index (Phi) is 4.86. The Bertz CT molecular complexity index is 473. The lowest BCUT2D eigenvalue weighted by Gasteiger charge is -2.01. The summed E-state index contributed by atoms with van der Waals surface area (Å²) in [5.74, 6) is -0.899. The highest BCUT2D eigenvalue weighted by molar-refractivity contribution is 5.88. The average molecular weight is 250 g/mol. The molecular formula is C12H14N2O4. The molecule has 0 atom stereocenters. The monoisotopic (exact) mass is 250 g/mol. The van der Waals surface area contributed by atoms with Gasteiger partial charge in [0.2, 0.25) is 5.70 Å². The Morgan fingerprint density at radius 2 is 1.94 bits per heavy atom. The normalized spacial score (nSPS) is 12.3. The molecule has 96 valence electrons. The van der Waals surface area contributed by atoms with Gasteiger partial charge in [0.05, 0.1) is 12.3 Å². The summed E-state index contributed by atoms with van der Waals surface area (Å²) in [4.78, 5) is 11.4. The van der Waals surface area contributed by atoms with Crippen molar-refractivity contribution >= 4 is 11.7 Å². The minimum Gasteiger partial charge on any atom is -0.510 e. The predicted octanol–water partition coefficient (Wildman–Crippen LogP) is 2.83. The third-order valence-corrected chi connectivity index (χ3v) is 1.93. The van der Waals surface area contributed by atoms with Crippen molar-refractivity contribution in [3.05, 3.63) is 35.7 Å². The number of benzene rings is 1. The lowest BCUT2D eigenvalue weighted by atomic mass is 10.3. The number of hydrogen-bond acceptors (Lipinski definition) is 6. The molecule has 0 radical (unpaired) electrons. The molecule has 18 heavy (non-hydrogen) atoms. The summed E-state index contributed by atoms with van der Waals surface area (Å²) < 4.78 is 4.72. The molecule has 0 amide bonds. The van der Waals surface area contributed by atoms with Gasteiger partial charge in [-0.3, -0.25) is 0 Å². The van der Waals surface area contributed by atoms with E-state index in [1.54, 1.807) is 6.92 Å². The first kappa shape index (κ1) is 13.7. The third-order valence-electron chi connectivity index (χ3n) is 1.93. The smallest absolute Gasteiger partial charge is 0.362 e. The minimum atomic E-state index is -0.736. The van der Waals surface area contributed by atoms with Crippen LogP contribution in [0.2, 0.25) is 0 Å². The van der Waals surface area contributed by atoms with Crippen LogP contribution < -0.4 is 0 Å². The zero-order chi connectivity index (χ0) is 13.5. The van der Waals surface area contributed by atoms with Crippen LogP contribution in [0, 0.1) is 0 Å². The number of carbonyl (C=O) groups excluding carboxylic acids is 1. The highest BCUT2D eigenvalue weighted by Crippen LogP contribution is 2.18. The predicted molar refractivity (Wildman–Crippen MR) is 64.6 cm³/mol. The maximum absolute atomic E-state index is 11.4. The van der Waals surface area contributed by atoms with Crippen LogP contribution in [0.3, 0.4) is 0 Å². The maximum atomic E-state index is 11.4. The Balaban J connectivity index is 2.88. The van der Waals surface area contributed by atoms with Crippen LogP contribution in [-0.4, -0.2) is 22.8 Å². The first-order valence-electron chi connectivity index (χ1n) is 5.32. The van der Waals surface area contributed by atoms with Gasteiger partial charge in [-0.05, 0) is 38.1 Å². The number of ether oxygens (including phenoxy) is 1. The number of allylic oxidation sites excluding steroid dienone is 1. The summed E-state index contributed by atoms with van der Waals surface area (Å²) in [6.45, 7) is 3.16. The van der Waals surface area contributed by atoms with E-state index in [1.165, 1.54) is 31.2 Å². The van der Waals surface area contributed by atoms with E-state index in [0.717, 1.165) is 0 Å². The number of esters is 1. The summed E-state index contributed by atoms with van der Waals surface area (Å²) in [6, 6.07) is 5.92. The highest BCUT2D eigenvalue weighted by Gasteiger charge is 2.13. The van der Waals surface area contributed by atoms with Crippen molar-refractivity contribution in [1.82, 2.24) is 0 Å². The zero-order valence-corrected chi connectivity index (χ0v) is 10.1. The average Bonchev–Trinajstić information content (AvgIpc) is 2.31. The summed E-state index contributed by atoms with van der Waals surface area (Å²) in [5, 5.41) is 25.8. The molecule has 6 heteroatoms. The van der Waals surface area contributed by atoms with E-state index in [9.17, 15) is 9.90 Å². The van der Waals surface area contributed by atoms with E-state index in [1.807, 2.05) is 0 Å². The van der Waals surface area contributed by atoms with E-state index >= 15 is 0 Å². The van der Waals surface area contributed by atoms with E-state index in [0.29, 0.717) is 5.69 Å². The molecule has 0 aliphatic heterocycles. The lowest BCUT2D eigenvalue weighted by molar-refractivity contribution is -0.138. The molecule has 0 heterocycles. The number of nitrogens with zero attached hydrogens (tertiary/aromatic N) is 2. The van der Waals surface area contributed by atoms with Crippen LogP contribution in [-0.2, 0) is 9.53 Å². The second-order valence-electron chi connectivity index (χ2n) is 3.37. The molecule has 0 saturated heterocycles. The SMILES string of the molecule is CCOC(=O)C(N=Nc1ccc(O)cc1)=C(C)O. The van der Waals surface area contributed by atoms with E-state index in [-0.39, 0.29) is 23.8 Å². The van der Waals surface area contributed by atoms with Crippen molar-refractivity contribution in [2.24, 2.45) is 10.2 Å². The number of phenols is 1. The first-order chi connectivity index (χ1) is 8.54. The molecule has 0 unspecified atom stereocenters. The largest absolute Gasteiger partial charge is 0.510 e. The number of hydrogen-bond donors (Lipinski definition) is 2. The van der Waals surface area contributed by atoms with Crippen molar-refractivity contribution < 1.29 is 19.7 Å². The summed E-state index contributed by atoms with van der Waals surface area (Å²) >= 11 is 0. The van der Waals surface area contributed by atoms with Crippen LogP contribution in [0.15, 0.2) is 46.0 Å². The summed E-state index contributed by atoms with van der Waals surface area (Å²) in [6.07, 6.45) is 0. The topological polar surface area (TPSA) is 91.5 Å². The lowest BCUT2D eigenvalue weighted by Crippen LogP contribution is -2.07. The molecule has 0 aliphatic rings. The molecule has 0 bridgehead atoms. The molecule has 2 N–H and O–H groups in total. The van der Waals surface area contributed by atoms with Crippen molar-refractivity contribution in [2.75, 3.05) is 6.61 Å². The fraction of sp³-hybridized carbons (Fsp3) is 0.250. The number of azo groups is 1. The second kappa shape index (κ2) is 6.39. The molecule has 6 nitrogen and oxygen atoms in total. The number of aliphatic hydroxyl groups excluding tert-OH is 1. The molecule has 0 spiro atoms. The molecule has 1 aromatic carbocycles. The number of phenolic OH excluding ortho intramolecular Hbond substituents is 1. The van der Waals surface area contributed by atoms with Gasteiger partial charge in [-0.25, -0.2) is 4.79 Å². The Hall–Kier alpha value is -2.37. The maximum Gasteiger partial charge on any atom is 0.362 e. The van der Waals surface area contributed by atoms with Gasteiger partial charge in [0.1, 0.15) is 11.5 Å². The highest BCUT2D eigenvalue weighted by atomic mass is 16.5. The van der Waals surface area contributed by atoms with Gasteiger partial charge < -0.3 is 14.9 Å². The van der Waals surface area contributed by atoms with Gasteiger partial charge in [0.25, 0.3) is 0 Å². The minimum absolute atomic E-state index is 0.105. The second-order valence-corrected chi connectivity index (χ2v) is 3.37. The Morgan fingerprint density at radius 1 is 1.33 bits per heavy atom. The Morgan fingerprint density at radius 3 is 2.44 bits per heavy atom. The van der Waals surface area contributed by atoms with Crippen molar-refractivity contribution in [3.8, 4) is 5.75 Å². The zero-order valence-electron chi connectivity index (χ0n) is 10.1. The quantitative estimate of drug-likeness (QED) is 0.372. The van der Waals surface area contributed by atoms with Crippen LogP contribution in [0.1, 0.15) is 13.8 Å². The standard InChI is InChI=1S/C12H14N2O4/c1-3-18-12(17)11(8(2)15)14-13-9-4-6-10(16)7-5-9/h4-7,15-16H,3H2,1-2H3. The Labute approximate surface area is 104 Å². The molecule has 1 rings (SSSR count). The summed E-state index contributed by atoms with van der Waals surface area (Å²) in [7, 11) is 0. The fourth-order valence-corrected chi connectivity index (χ4v) is 1.09. The molecule has 0 aromatic heterocycles. The molecule has 0 fully saturated rings. The van der Waals surface area contributed by atoms with E-state index in [4.69, 9.17) is 9.84 Å². The van der Waals surface area contributed by atoms with Crippen LogP contribution >= 0.6 is 0 Å². The fourth-order valence-electron chi connectivity index (χ4n) is 1.09. The van der Waals surface area contributed by atoms with E-state index in [2.05, 4.69) is 10.2 Å². The van der Waals surface area contributed by atoms with Crippen LogP contribution in [0.25, 0.3) is 0 Å². The number of rotatable bonds is 4. The van der Waals surface area contributed by atoms with Crippen LogP contribution in [0.5, 0.6) is 5.75 Å². The summed E-state index contributed by atoms with van der Waals surface area (Å²) in [5.41, 5.74) is 0.195. The number of carbonyl (C=O) groups is 1. The van der Waals surface area contributed by atoms with Crippen LogP contribution in [0.4, 0.5) is 5.69 Å². The van der Waals surface area contributed by atoms with E-state index < -0.39 is 5.97 Å². The van der Waals surface area contributed by atoms with Gasteiger partial charge in [0.15, 0.2) is 0 Å². The number of aromatic hydroxyl groups is 1. The van der Waals surface area contributed by atoms with Gasteiger partial charge in [-0.1, -0.05) is 0 Å². The van der Waals surface area contributed by atoms with Gasteiger partial charge in [-0.2, -0.15) is 5.11 Å². The molecular weight excluding hydrogens is 236 g/mol. The molecule has 0 saturated carbocycles. The molecule has 0 aliphatic carbocycles. The first-order valence-corrected chi connectivity index (χ1v) is 5.32. The number of aliphatic hydroxyl groups is 1. The molecule has 1 aromatic rings. The van der Waals surface area contributed by atoms with Crippen molar-refractivity contribution in [1.29, 1.82) is 0 Å². The van der Waals surface area contributed by atoms with Gasteiger partial charge in [0, 0.05) is 0 Å². The van der Waals surface area contributed by atoms with Crippen molar-refractivity contribution in [2.45, 2.75) is 13.8 Å². The third kappa shape index (κ3) is 3.89.